The fourth-order valence-corrected chi connectivity index (χ4v) is 6.09. The molecule has 0 unspecified atom stereocenters. The molecule has 31 heavy (non-hydrogen) atoms. The molecule has 1 aromatic carbocycles. The molecule has 2 aliphatic rings. The minimum absolute atomic E-state index is 0.0108. The maximum Gasteiger partial charge on any atom is 0.243 e. The average molecular weight is 450 g/mol. The Labute approximate surface area is 183 Å². The summed E-state index contributed by atoms with van der Waals surface area (Å²) in [5, 5.41) is 11.3. The summed E-state index contributed by atoms with van der Waals surface area (Å²) >= 11 is 0. The molecule has 0 radical (unpaired) electrons. The Hall–Kier alpha value is -2.04. The number of piperidine rings is 1. The lowest BCUT2D eigenvalue weighted by Crippen LogP contribution is -2.47. The van der Waals surface area contributed by atoms with Crippen LogP contribution in [0.2, 0.25) is 0 Å². The van der Waals surface area contributed by atoms with Gasteiger partial charge in [-0.2, -0.15) is 4.31 Å². The van der Waals surface area contributed by atoms with E-state index >= 15 is 0 Å². The summed E-state index contributed by atoms with van der Waals surface area (Å²) < 4.78 is 34.8. The van der Waals surface area contributed by atoms with Crippen LogP contribution in [-0.4, -0.2) is 66.5 Å². The van der Waals surface area contributed by atoms with Crippen LogP contribution in [0.1, 0.15) is 44.9 Å². The summed E-state index contributed by atoms with van der Waals surface area (Å²) in [7, 11) is -2.09. The van der Waals surface area contributed by atoms with Gasteiger partial charge in [-0.1, -0.05) is 24.5 Å². The van der Waals surface area contributed by atoms with Gasteiger partial charge < -0.3 is 10.1 Å². The predicted octanol–water partition coefficient (Wildman–Crippen LogP) is 1.93. The number of nitrogens with one attached hydrogen (secondary N) is 1. The number of carbonyl (C=O) groups is 1. The van der Waals surface area contributed by atoms with Crippen LogP contribution in [-0.2, 0) is 26.1 Å². The summed E-state index contributed by atoms with van der Waals surface area (Å²) in [4.78, 5) is 13.0. The van der Waals surface area contributed by atoms with E-state index in [1.54, 1.807) is 30.0 Å². The lowest BCUT2D eigenvalue weighted by atomic mass is 9.93. The zero-order valence-corrected chi connectivity index (χ0v) is 18.8. The predicted molar refractivity (Wildman–Crippen MR) is 116 cm³/mol. The minimum Gasteiger partial charge on any atom is -0.383 e. The summed E-state index contributed by atoms with van der Waals surface area (Å²) in [5.41, 5.74) is 1.29. The van der Waals surface area contributed by atoms with E-state index in [4.69, 9.17) is 4.74 Å². The molecule has 1 saturated carbocycles. The van der Waals surface area contributed by atoms with Crippen LogP contribution in [0, 0.1) is 5.92 Å². The van der Waals surface area contributed by atoms with Crippen molar-refractivity contribution in [3.63, 3.8) is 0 Å². The maximum absolute atomic E-state index is 13.3. The highest BCUT2D eigenvalue weighted by Gasteiger charge is 2.34. The van der Waals surface area contributed by atoms with Crippen LogP contribution in [0.25, 0.3) is 11.0 Å². The van der Waals surface area contributed by atoms with Crippen LogP contribution in [0.3, 0.4) is 0 Å². The number of ether oxygens (including phenoxy) is 1. The highest BCUT2D eigenvalue weighted by atomic mass is 32.2. The molecule has 9 nitrogen and oxygen atoms in total. The van der Waals surface area contributed by atoms with Gasteiger partial charge >= 0.3 is 0 Å². The Morgan fingerprint density at radius 1 is 1.19 bits per heavy atom. The molecular formula is C21H31N5O4S. The van der Waals surface area contributed by atoms with E-state index in [0.717, 1.165) is 37.6 Å². The Morgan fingerprint density at radius 2 is 2.00 bits per heavy atom. The third-order valence-electron chi connectivity index (χ3n) is 6.34. The number of amides is 1. The Balaban J connectivity index is 1.46. The number of benzene rings is 1. The number of carbonyl (C=O) groups excluding carboxylic acids is 1. The van der Waals surface area contributed by atoms with Gasteiger partial charge in [0.2, 0.25) is 15.9 Å². The Morgan fingerprint density at radius 3 is 2.77 bits per heavy atom. The second-order valence-corrected chi connectivity index (χ2v) is 10.4. The molecule has 4 rings (SSSR count). The topological polar surface area (TPSA) is 106 Å². The zero-order chi connectivity index (χ0) is 21.8. The van der Waals surface area contributed by atoms with Crippen LogP contribution in [0.5, 0.6) is 0 Å². The molecule has 1 amide bonds. The van der Waals surface area contributed by atoms with Gasteiger partial charge in [-0.25, -0.2) is 13.1 Å². The fraction of sp³-hybridized carbons (Fsp3) is 0.667. The van der Waals surface area contributed by atoms with Crippen molar-refractivity contribution in [3.05, 3.63) is 18.2 Å². The van der Waals surface area contributed by atoms with E-state index in [1.807, 2.05) is 0 Å². The molecule has 1 saturated heterocycles. The molecule has 10 heteroatoms. The van der Waals surface area contributed by atoms with Gasteiger partial charge in [0, 0.05) is 26.2 Å². The van der Waals surface area contributed by atoms with Crippen molar-refractivity contribution in [2.45, 2.75) is 62.4 Å². The standard InChI is InChI=1S/C21H31N5O4S/c1-30-13-12-26-20-10-9-18(14-19(20)23-24-26)31(28,29)25-11-5-6-16(15-25)21(27)22-17-7-3-2-4-8-17/h9-10,14,16-17H,2-8,11-13,15H2,1H3,(H,22,27)/t16-/m1/s1. The average Bonchev–Trinajstić information content (AvgIpc) is 3.20. The molecule has 0 spiro atoms. The second kappa shape index (κ2) is 9.62. The lowest BCUT2D eigenvalue weighted by molar-refractivity contribution is -0.127. The zero-order valence-electron chi connectivity index (χ0n) is 18.0. The third kappa shape index (κ3) is 4.91. The quantitative estimate of drug-likeness (QED) is 0.692. The molecule has 170 valence electrons. The Kier molecular flexibility index (Phi) is 6.88. The van der Waals surface area contributed by atoms with E-state index in [0.29, 0.717) is 31.6 Å². The monoisotopic (exact) mass is 449 g/mol. The van der Waals surface area contributed by atoms with Gasteiger partial charge in [0.05, 0.1) is 29.5 Å². The van der Waals surface area contributed by atoms with Crippen molar-refractivity contribution in [1.29, 1.82) is 0 Å². The molecule has 2 fully saturated rings. The van der Waals surface area contributed by atoms with Gasteiger partial charge in [-0.05, 0) is 43.9 Å². The van der Waals surface area contributed by atoms with E-state index in [1.165, 1.54) is 10.7 Å². The van der Waals surface area contributed by atoms with Crippen molar-refractivity contribution >= 4 is 27.0 Å². The van der Waals surface area contributed by atoms with Crippen molar-refractivity contribution in [1.82, 2.24) is 24.6 Å². The van der Waals surface area contributed by atoms with Crippen molar-refractivity contribution in [3.8, 4) is 0 Å². The molecule has 1 aliphatic carbocycles. The number of fused-ring (bicyclic) bond motifs is 1. The number of hydrogen-bond donors (Lipinski definition) is 1. The summed E-state index contributed by atoms with van der Waals surface area (Å²) in [6.45, 7) is 1.69. The van der Waals surface area contributed by atoms with E-state index < -0.39 is 10.0 Å². The van der Waals surface area contributed by atoms with Crippen molar-refractivity contribution < 1.29 is 17.9 Å². The molecule has 1 aromatic heterocycles. The first kappa shape index (κ1) is 22.2. The smallest absolute Gasteiger partial charge is 0.243 e. The highest BCUT2D eigenvalue weighted by Crippen LogP contribution is 2.26. The van der Waals surface area contributed by atoms with E-state index in [2.05, 4.69) is 15.6 Å². The van der Waals surface area contributed by atoms with Gasteiger partial charge in [0.25, 0.3) is 0 Å². The van der Waals surface area contributed by atoms with E-state index in [-0.39, 0.29) is 29.3 Å². The van der Waals surface area contributed by atoms with Gasteiger partial charge in [-0.15, -0.1) is 5.10 Å². The summed E-state index contributed by atoms with van der Waals surface area (Å²) in [6, 6.07) is 5.12. The first-order valence-corrected chi connectivity index (χ1v) is 12.6. The molecule has 0 bridgehead atoms. The summed E-state index contributed by atoms with van der Waals surface area (Å²) in [5.74, 6) is -0.313. The lowest BCUT2D eigenvalue weighted by Gasteiger charge is -2.32. The van der Waals surface area contributed by atoms with Crippen LogP contribution >= 0.6 is 0 Å². The van der Waals surface area contributed by atoms with Gasteiger partial charge in [0.15, 0.2) is 0 Å². The van der Waals surface area contributed by atoms with Crippen LogP contribution < -0.4 is 5.32 Å². The minimum atomic E-state index is -3.71. The number of rotatable bonds is 7. The number of aromatic nitrogens is 3. The number of sulfonamides is 1. The fourth-order valence-electron chi connectivity index (χ4n) is 4.55. The number of methoxy groups -OCH3 is 1. The van der Waals surface area contributed by atoms with Crippen molar-refractivity contribution in [2.75, 3.05) is 26.8 Å². The second-order valence-electron chi connectivity index (χ2n) is 8.50. The van der Waals surface area contributed by atoms with Crippen LogP contribution in [0.4, 0.5) is 0 Å². The SMILES string of the molecule is COCCn1nnc2cc(S(=O)(=O)N3CCC[C@@H](C(=O)NC4CCCCC4)C3)ccc21. The Bertz CT molecular complexity index is 1020. The first-order chi connectivity index (χ1) is 15.0. The number of hydrogen-bond acceptors (Lipinski definition) is 6. The van der Waals surface area contributed by atoms with Crippen molar-refractivity contribution in [2.24, 2.45) is 5.92 Å². The third-order valence-corrected chi connectivity index (χ3v) is 8.20. The molecular weight excluding hydrogens is 418 g/mol. The first-order valence-electron chi connectivity index (χ1n) is 11.1. The van der Waals surface area contributed by atoms with Crippen LogP contribution in [0.15, 0.2) is 23.1 Å². The molecule has 1 N–H and O–H groups in total. The number of nitrogens with zero attached hydrogens (tertiary/aromatic N) is 4. The molecule has 1 aliphatic heterocycles. The summed E-state index contributed by atoms with van der Waals surface area (Å²) in [6.07, 6.45) is 6.96. The maximum atomic E-state index is 13.3. The highest BCUT2D eigenvalue weighted by molar-refractivity contribution is 7.89. The van der Waals surface area contributed by atoms with E-state index in [9.17, 15) is 13.2 Å². The van der Waals surface area contributed by atoms with Gasteiger partial charge in [-0.3, -0.25) is 4.79 Å². The molecule has 2 aromatic rings. The largest absolute Gasteiger partial charge is 0.383 e. The molecule has 2 heterocycles. The van der Waals surface area contributed by atoms with Gasteiger partial charge in [0.1, 0.15) is 5.52 Å². The normalized spacial score (nSPS) is 21.4. The molecule has 1 atom stereocenters.